The Labute approximate surface area is 150 Å². The van der Waals surface area contributed by atoms with Crippen molar-refractivity contribution in [3.63, 3.8) is 0 Å². The third-order valence-corrected chi connectivity index (χ3v) is 4.23. The highest BCUT2D eigenvalue weighted by molar-refractivity contribution is 7.14. The molecule has 2 aromatic heterocycles. The largest absolute Gasteiger partial charge is 0.489 e. The highest BCUT2D eigenvalue weighted by Gasteiger charge is 2.12. The van der Waals surface area contributed by atoms with Crippen LogP contribution in [0.1, 0.15) is 31.1 Å². The minimum Gasteiger partial charge on any atom is -0.489 e. The number of benzene rings is 1. The van der Waals surface area contributed by atoms with E-state index in [2.05, 4.69) is 15.3 Å². The van der Waals surface area contributed by atoms with Gasteiger partial charge >= 0.3 is 0 Å². The Morgan fingerprint density at radius 3 is 2.64 bits per heavy atom. The number of ketones is 1. The number of carbonyl (C=O) groups is 1. The van der Waals surface area contributed by atoms with Crippen LogP contribution in [0.4, 0.5) is 10.8 Å². The molecule has 0 fully saturated rings. The highest BCUT2D eigenvalue weighted by atomic mass is 32.1. The Hall–Kier alpha value is -2.73. The highest BCUT2D eigenvalue weighted by Crippen LogP contribution is 2.32. The number of thiazole rings is 1. The quantitative estimate of drug-likeness (QED) is 0.636. The molecule has 0 amide bonds. The summed E-state index contributed by atoms with van der Waals surface area (Å²) in [6.07, 6.45) is 3.52. The van der Waals surface area contributed by atoms with Crippen LogP contribution < -0.4 is 10.1 Å². The van der Waals surface area contributed by atoms with Crippen molar-refractivity contribution < 1.29 is 9.53 Å². The molecule has 1 aromatic carbocycles. The van der Waals surface area contributed by atoms with Gasteiger partial charge in [-0.05, 0) is 51.1 Å². The molecule has 0 atom stereocenters. The van der Waals surface area contributed by atoms with Crippen LogP contribution in [0.2, 0.25) is 0 Å². The first kappa shape index (κ1) is 17.1. The van der Waals surface area contributed by atoms with Gasteiger partial charge in [0.05, 0.1) is 17.5 Å². The lowest BCUT2D eigenvalue weighted by molar-refractivity contribution is 0.101. The molecule has 6 heteroatoms. The number of hydrogen-bond acceptors (Lipinski definition) is 6. The number of nitrogens with one attached hydrogen (secondary N) is 1. The normalized spacial score (nSPS) is 10.7. The van der Waals surface area contributed by atoms with E-state index in [1.807, 2.05) is 37.4 Å². The lowest BCUT2D eigenvalue weighted by atomic mass is 10.1. The number of rotatable bonds is 6. The van der Waals surface area contributed by atoms with E-state index in [4.69, 9.17) is 4.74 Å². The zero-order valence-corrected chi connectivity index (χ0v) is 15.1. The van der Waals surface area contributed by atoms with Gasteiger partial charge in [-0.25, -0.2) is 4.98 Å². The second kappa shape index (κ2) is 7.44. The first-order chi connectivity index (χ1) is 12.0. The van der Waals surface area contributed by atoms with E-state index in [-0.39, 0.29) is 11.9 Å². The van der Waals surface area contributed by atoms with Crippen molar-refractivity contribution in [2.24, 2.45) is 0 Å². The number of Topliss-reactive ketones (excluding diaryl/α,β-unsaturated/α-hetero) is 1. The van der Waals surface area contributed by atoms with Crippen LogP contribution in [-0.4, -0.2) is 21.9 Å². The van der Waals surface area contributed by atoms with Crippen molar-refractivity contribution in [1.82, 2.24) is 9.97 Å². The molecule has 5 nitrogen and oxygen atoms in total. The number of nitrogens with zero attached hydrogens (tertiary/aromatic N) is 2. The fourth-order valence-corrected chi connectivity index (χ4v) is 3.04. The predicted octanol–water partition coefficient (Wildman–Crippen LogP) is 4.94. The van der Waals surface area contributed by atoms with Crippen LogP contribution in [0.5, 0.6) is 5.75 Å². The monoisotopic (exact) mass is 353 g/mol. The average molecular weight is 353 g/mol. The summed E-state index contributed by atoms with van der Waals surface area (Å²) in [4.78, 5) is 20.3. The van der Waals surface area contributed by atoms with Crippen LogP contribution >= 0.6 is 11.3 Å². The molecular weight excluding hydrogens is 334 g/mol. The molecule has 0 saturated carbocycles. The predicted molar refractivity (Wildman–Crippen MR) is 101 cm³/mol. The van der Waals surface area contributed by atoms with Crippen molar-refractivity contribution in [3.05, 3.63) is 53.7 Å². The van der Waals surface area contributed by atoms with E-state index in [1.165, 1.54) is 11.3 Å². The Bertz CT molecular complexity index is 875. The van der Waals surface area contributed by atoms with Crippen LogP contribution in [0, 0.1) is 0 Å². The van der Waals surface area contributed by atoms with Crippen molar-refractivity contribution >= 4 is 27.9 Å². The van der Waals surface area contributed by atoms with Gasteiger partial charge in [0, 0.05) is 28.9 Å². The van der Waals surface area contributed by atoms with Gasteiger partial charge in [0.15, 0.2) is 10.9 Å². The van der Waals surface area contributed by atoms with Gasteiger partial charge < -0.3 is 10.1 Å². The molecule has 0 aliphatic heterocycles. The van der Waals surface area contributed by atoms with Crippen LogP contribution in [0.3, 0.4) is 0 Å². The van der Waals surface area contributed by atoms with E-state index in [1.54, 1.807) is 31.5 Å². The molecule has 25 heavy (non-hydrogen) atoms. The van der Waals surface area contributed by atoms with Crippen LogP contribution in [0.15, 0.2) is 48.1 Å². The van der Waals surface area contributed by atoms with Gasteiger partial charge in [-0.1, -0.05) is 0 Å². The first-order valence-corrected chi connectivity index (χ1v) is 8.85. The molecule has 0 saturated heterocycles. The summed E-state index contributed by atoms with van der Waals surface area (Å²) < 4.78 is 5.84. The van der Waals surface area contributed by atoms with Crippen molar-refractivity contribution in [2.45, 2.75) is 26.9 Å². The molecule has 0 aliphatic carbocycles. The number of pyridine rings is 1. The van der Waals surface area contributed by atoms with E-state index >= 15 is 0 Å². The van der Waals surface area contributed by atoms with Crippen molar-refractivity contribution in [3.8, 4) is 17.0 Å². The molecule has 3 aromatic rings. The fraction of sp³-hybridized carbons (Fsp3) is 0.211. The summed E-state index contributed by atoms with van der Waals surface area (Å²) in [5.41, 5.74) is 3.25. The van der Waals surface area contributed by atoms with E-state index in [0.717, 1.165) is 22.1 Å². The van der Waals surface area contributed by atoms with Gasteiger partial charge in [0.2, 0.25) is 0 Å². The second-order valence-electron chi connectivity index (χ2n) is 5.83. The SMILES string of the molecule is CC(=O)c1ccc(OC(C)C)c(Nc2nc(-c3ccncc3)cs2)c1. The van der Waals surface area contributed by atoms with Gasteiger partial charge in [-0.3, -0.25) is 9.78 Å². The van der Waals surface area contributed by atoms with E-state index in [9.17, 15) is 4.79 Å². The Morgan fingerprint density at radius 2 is 1.96 bits per heavy atom. The molecule has 2 heterocycles. The smallest absolute Gasteiger partial charge is 0.187 e. The lowest BCUT2D eigenvalue weighted by Crippen LogP contribution is -2.08. The van der Waals surface area contributed by atoms with Crippen LogP contribution in [0.25, 0.3) is 11.3 Å². The third kappa shape index (κ3) is 4.22. The topological polar surface area (TPSA) is 64.1 Å². The Kier molecular flexibility index (Phi) is 5.09. The first-order valence-electron chi connectivity index (χ1n) is 7.97. The van der Waals surface area contributed by atoms with E-state index in [0.29, 0.717) is 11.3 Å². The number of aromatic nitrogens is 2. The molecule has 0 spiro atoms. The Balaban J connectivity index is 1.90. The standard InChI is InChI=1S/C19H19N3O2S/c1-12(2)24-18-5-4-15(13(3)23)10-16(18)21-19-22-17(11-25-19)14-6-8-20-9-7-14/h4-12H,1-3H3,(H,21,22). The number of hydrogen-bond donors (Lipinski definition) is 1. The van der Waals surface area contributed by atoms with Crippen LogP contribution in [-0.2, 0) is 0 Å². The summed E-state index contributed by atoms with van der Waals surface area (Å²) in [6.45, 7) is 5.48. The summed E-state index contributed by atoms with van der Waals surface area (Å²) in [7, 11) is 0. The summed E-state index contributed by atoms with van der Waals surface area (Å²) in [6, 6.07) is 9.23. The molecule has 0 aliphatic rings. The van der Waals surface area contributed by atoms with Crippen molar-refractivity contribution in [2.75, 3.05) is 5.32 Å². The molecule has 0 bridgehead atoms. The zero-order valence-electron chi connectivity index (χ0n) is 14.3. The van der Waals surface area contributed by atoms with Gasteiger partial charge in [0.25, 0.3) is 0 Å². The summed E-state index contributed by atoms with van der Waals surface area (Å²) >= 11 is 1.50. The minimum atomic E-state index is 0.00996. The van der Waals surface area contributed by atoms with Gasteiger partial charge in [-0.2, -0.15) is 0 Å². The number of carbonyl (C=O) groups excluding carboxylic acids is 1. The molecule has 1 N–H and O–H groups in total. The summed E-state index contributed by atoms with van der Waals surface area (Å²) in [5.74, 6) is 0.705. The number of anilines is 2. The molecule has 0 unspecified atom stereocenters. The second-order valence-corrected chi connectivity index (χ2v) is 6.69. The molecule has 3 rings (SSSR count). The molecular formula is C19H19N3O2S. The maximum atomic E-state index is 11.7. The molecule has 128 valence electrons. The number of ether oxygens (including phenoxy) is 1. The third-order valence-electron chi connectivity index (χ3n) is 3.47. The lowest BCUT2D eigenvalue weighted by Gasteiger charge is -2.15. The van der Waals surface area contributed by atoms with Gasteiger partial charge in [0.1, 0.15) is 5.75 Å². The minimum absolute atomic E-state index is 0.00996. The summed E-state index contributed by atoms with van der Waals surface area (Å²) in [5, 5.41) is 6.00. The van der Waals surface area contributed by atoms with E-state index < -0.39 is 0 Å². The Morgan fingerprint density at radius 1 is 1.20 bits per heavy atom. The maximum absolute atomic E-state index is 11.7. The molecule has 0 radical (unpaired) electrons. The zero-order chi connectivity index (χ0) is 17.8. The van der Waals surface area contributed by atoms with Crippen molar-refractivity contribution in [1.29, 1.82) is 0 Å². The average Bonchev–Trinajstić information content (AvgIpc) is 3.05. The fourth-order valence-electron chi connectivity index (χ4n) is 2.30. The maximum Gasteiger partial charge on any atom is 0.187 e. The van der Waals surface area contributed by atoms with Gasteiger partial charge in [-0.15, -0.1) is 11.3 Å².